The molecular formula is C20H32N2O. The predicted molar refractivity (Wildman–Crippen MR) is 101 cm³/mol. The van der Waals surface area contributed by atoms with Crippen LogP contribution in [0.25, 0.3) is 12.2 Å². The standard InChI is InChI=1S/C20H32N2O/c1-8-11-16-17(12-21-18(16)10-3)15(7)19(20(23)13(4)5)22-14(6)9-2/h8,10-15,19,21-22H,3,9H2,1-2,4-7H3/b11-8-. The van der Waals surface area contributed by atoms with Crippen molar-refractivity contribution in [3.63, 3.8) is 0 Å². The number of carbonyl (C=O) groups excluding carboxylic acids is 1. The van der Waals surface area contributed by atoms with Gasteiger partial charge in [0, 0.05) is 35.3 Å². The van der Waals surface area contributed by atoms with E-state index in [4.69, 9.17) is 0 Å². The van der Waals surface area contributed by atoms with Gasteiger partial charge in [0.2, 0.25) is 0 Å². The van der Waals surface area contributed by atoms with Gasteiger partial charge in [0.15, 0.2) is 5.78 Å². The van der Waals surface area contributed by atoms with Crippen LogP contribution in [-0.2, 0) is 4.79 Å². The van der Waals surface area contributed by atoms with Crippen molar-refractivity contribution in [2.75, 3.05) is 0 Å². The first-order valence-corrected chi connectivity index (χ1v) is 8.63. The van der Waals surface area contributed by atoms with Crippen molar-refractivity contribution in [3.8, 4) is 0 Å². The predicted octanol–water partition coefficient (Wildman–Crippen LogP) is 4.78. The van der Waals surface area contributed by atoms with Crippen LogP contribution in [0.2, 0.25) is 0 Å². The van der Waals surface area contributed by atoms with Crippen molar-refractivity contribution >= 4 is 17.9 Å². The van der Waals surface area contributed by atoms with E-state index in [1.165, 1.54) is 0 Å². The van der Waals surface area contributed by atoms with E-state index in [0.29, 0.717) is 6.04 Å². The van der Waals surface area contributed by atoms with Gasteiger partial charge in [-0.25, -0.2) is 0 Å². The first-order valence-electron chi connectivity index (χ1n) is 8.63. The third-order valence-electron chi connectivity index (χ3n) is 4.46. The van der Waals surface area contributed by atoms with Gasteiger partial charge in [-0.05, 0) is 31.9 Å². The van der Waals surface area contributed by atoms with Crippen molar-refractivity contribution in [1.29, 1.82) is 0 Å². The summed E-state index contributed by atoms with van der Waals surface area (Å²) in [5.41, 5.74) is 3.29. The van der Waals surface area contributed by atoms with Crippen LogP contribution in [0.1, 0.15) is 70.7 Å². The summed E-state index contributed by atoms with van der Waals surface area (Å²) in [6.07, 6.45) is 8.94. The molecular weight excluding hydrogens is 284 g/mol. The highest BCUT2D eigenvalue weighted by Gasteiger charge is 2.30. The fourth-order valence-electron chi connectivity index (χ4n) is 2.80. The molecule has 1 aromatic heterocycles. The number of nitrogens with one attached hydrogen (secondary N) is 2. The van der Waals surface area contributed by atoms with E-state index in [2.05, 4.69) is 43.7 Å². The fraction of sp³-hybridized carbons (Fsp3) is 0.550. The molecule has 0 radical (unpaired) electrons. The fourth-order valence-corrected chi connectivity index (χ4v) is 2.80. The molecule has 2 N–H and O–H groups in total. The number of hydrogen-bond donors (Lipinski definition) is 2. The highest BCUT2D eigenvalue weighted by Crippen LogP contribution is 2.29. The minimum Gasteiger partial charge on any atom is -0.361 e. The summed E-state index contributed by atoms with van der Waals surface area (Å²) in [6.45, 7) is 16.2. The molecule has 1 rings (SSSR count). The number of carbonyl (C=O) groups is 1. The normalized spacial score (nSPS) is 15.8. The third kappa shape index (κ3) is 4.68. The molecule has 1 heterocycles. The number of rotatable bonds is 9. The molecule has 128 valence electrons. The quantitative estimate of drug-likeness (QED) is 0.689. The Balaban J connectivity index is 3.23. The lowest BCUT2D eigenvalue weighted by atomic mass is 9.85. The summed E-state index contributed by atoms with van der Waals surface area (Å²) in [5, 5.41) is 3.53. The zero-order chi connectivity index (χ0) is 17.6. The Morgan fingerprint density at radius 3 is 2.48 bits per heavy atom. The van der Waals surface area contributed by atoms with Gasteiger partial charge in [0.25, 0.3) is 0 Å². The summed E-state index contributed by atoms with van der Waals surface area (Å²) >= 11 is 0. The molecule has 1 aromatic rings. The van der Waals surface area contributed by atoms with Gasteiger partial charge >= 0.3 is 0 Å². The zero-order valence-corrected chi connectivity index (χ0v) is 15.4. The molecule has 0 spiro atoms. The third-order valence-corrected chi connectivity index (χ3v) is 4.46. The van der Waals surface area contributed by atoms with E-state index >= 15 is 0 Å². The SMILES string of the molecule is C=Cc1[nH]cc(C(C)C(NC(C)CC)C(=O)C(C)C)c1/C=C\C. The van der Waals surface area contributed by atoms with Gasteiger partial charge in [0.1, 0.15) is 0 Å². The average Bonchev–Trinajstić information content (AvgIpc) is 2.94. The summed E-state index contributed by atoms with van der Waals surface area (Å²) in [6, 6.07) is 0.135. The molecule has 3 atom stereocenters. The van der Waals surface area contributed by atoms with E-state index in [9.17, 15) is 4.79 Å². The van der Waals surface area contributed by atoms with Crippen LogP contribution in [0, 0.1) is 5.92 Å². The number of ketones is 1. The van der Waals surface area contributed by atoms with E-state index in [1.807, 2.05) is 39.1 Å². The second kappa shape index (κ2) is 8.88. The summed E-state index contributed by atoms with van der Waals surface area (Å²) < 4.78 is 0. The van der Waals surface area contributed by atoms with Crippen LogP contribution in [0.3, 0.4) is 0 Å². The topological polar surface area (TPSA) is 44.9 Å². The highest BCUT2D eigenvalue weighted by molar-refractivity contribution is 5.87. The molecule has 0 bridgehead atoms. The Hall–Kier alpha value is -1.61. The molecule has 23 heavy (non-hydrogen) atoms. The summed E-state index contributed by atoms with van der Waals surface area (Å²) in [7, 11) is 0. The van der Waals surface area contributed by atoms with Gasteiger partial charge in [-0.2, -0.15) is 0 Å². The second-order valence-electron chi connectivity index (χ2n) is 6.57. The van der Waals surface area contributed by atoms with Crippen molar-refractivity contribution < 1.29 is 4.79 Å². The molecule has 3 unspecified atom stereocenters. The van der Waals surface area contributed by atoms with Crippen LogP contribution in [0.5, 0.6) is 0 Å². The molecule has 0 saturated heterocycles. The summed E-state index contributed by atoms with van der Waals surface area (Å²) in [5.74, 6) is 0.377. The summed E-state index contributed by atoms with van der Waals surface area (Å²) in [4.78, 5) is 16.0. The maximum absolute atomic E-state index is 12.7. The van der Waals surface area contributed by atoms with Gasteiger partial charge in [-0.1, -0.05) is 46.4 Å². The maximum atomic E-state index is 12.7. The first-order chi connectivity index (χ1) is 10.9. The van der Waals surface area contributed by atoms with Crippen molar-refractivity contribution in [3.05, 3.63) is 35.7 Å². The Bertz CT molecular complexity index is 554. The molecule has 0 amide bonds. The zero-order valence-electron chi connectivity index (χ0n) is 15.4. The van der Waals surface area contributed by atoms with Crippen LogP contribution >= 0.6 is 0 Å². The van der Waals surface area contributed by atoms with Crippen LogP contribution in [0.4, 0.5) is 0 Å². The van der Waals surface area contributed by atoms with Crippen molar-refractivity contribution in [2.24, 2.45) is 5.92 Å². The Labute approximate surface area is 141 Å². The van der Waals surface area contributed by atoms with Gasteiger partial charge < -0.3 is 10.3 Å². The highest BCUT2D eigenvalue weighted by atomic mass is 16.1. The molecule has 0 saturated carbocycles. The van der Waals surface area contributed by atoms with Crippen LogP contribution < -0.4 is 5.32 Å². The maximum Gasteiger partial charge on any atom is 0.152 e. The monoisotopic (exact) mass is 316 g/mol. The smallest absolute Gasteiger partial charge is 0.152 e. The molecule has 3 heteroatoms. The van der Waals surface area contributed by atoms with Crippen LogP contribution in [-0.4, -0.2) is 22.9 Å². The number of Topliss-reactive ketones (excluding diaryl/α,β-unsaturated/α-hetero) is 1. The number of aromatic nitrogens is 1. The Kier molecular flexibility index (Phi) is 7.50. The minimum absolute atomic E-state index is 0.0157. The van der Waals surface area contributed by atoms with E-state index in [1.54, 1.807) is 0 Å². The largest absolute Gasteiger partial charge is 0.361 e. The average molecular weight is 316 g/mol. The van der Waals surface area contributed by atoms with E-state index < -0.39 is 0 Å². The van der Waals surface area contributed by atoms with Gasteiger partial charge in [-0.15, -0.1) is 0 Å². The molecule has 0 aliphatic carbocycles. The number of aromatic amines is 1. The molecule has 3 nitrogen and oxygen atoms in total. The van der Waals surface area contributed by atoms with Crippen LogP contribution in [0.15, 0.2) is 18.9 Å². The number of allylic oxidation sites excluding steroid dienone is 1. The van der Waals surface area contributed by atoms with Gasteiger partial charge in [-0.3, -0.25) is 4.79 Å². The molecule has 0 aromatic carbocycles. The van der Waals surface area contributed by atoms with Crippen molar-refractivity contribution in [1.82, 2.24) is 10.3 Å². The Morgan fingerprint density at radius 1 is 1.35 bits per heavy atom. The lowest BCUT2D eigenvalue weighted by Gasteiger charge is -2.28. The number of H-pyrrole nitrogens is 1. The number of hydrogen-bond acceptors (Lipinski definition) is 2. The second-order valence-corrected chi connectivity index (χ2v) is 6.57. The minimum atomic E-state index is -0.178. The van der Waals surface area contributed by atoms with E-state index in [-0.39, 0.29) is 23.7 Å². The Morgan fingerprint density at radius 2 is 2.00 bits per heavy atom. The molecule has 0 aliphatic rings. The lowest BCUT2D eigenvalue weighted by Crippen LogP contribution is -2.46. The van der Waals surface area contributed by atoms with Crippen molar-refractivity contribution in [2.45, 2.75) is 66.0 Å². The van der Waals surface area contributed by atoms with E-state index in [0.717, 1.165) is 23.2 Å². The molecule has 0 aliphatic heterocycles. The van der Waals surface area contributed by atoms with Gasteiger partial charge in [0.05, 0.1) is 6.04 Å². The lowest BCUT2D eigenvalue weighted by molar-refractivity contribution is -0.124. The molecule has 0 fully saturated rings. The first kappa shape index (κ1) is 19.4.